The molecule has 4 heteroatoms. The van der Waals surface area contributed by atoms with Gasteiger partial charge in [0.25, 0.3) is 0 Å². The second-order valence-corrected chi connectivity index (χ2v) is 5.46. The predicted molar refractivity (Wildman–Crippen MR) is 76.5 cm³/mol. The van der Waals surface area contributed by atoms with E-state index in [0.29, 0.717) is 5.75 Å². The van der Waals surface area contributed by atoms with Crippen LogP contribution in [0.25, 0.3) is 0 Å². The van der Waals surface area contributed by atoms with Crippen LogP contribution in [0.2, 0.25) is 0 Å². The molecule has 106 valence electrons. The molecule has 0 aliphatic carbocycles. The molecule has 0 amide bonds. The normalized spacial score (nSPS) is 20.7. The molecule has 2 N–H and O–H groups in total. The zero-order chi connectivity index (χ0) is 13.8. The summed E-state index contributed by atoms with van der Waals surface area (Å²) < 4.78 is 5.71. The zero-order valence-electron chi connectivity index (χ0n) is 12.1. The third kappa shape index (κ3) is 3.93. The molecule has 0 saturated carbocycles. The molecule has 0 bridgehead atoms. The first-order valence-electron chi connectivity index (χ1n) is 6.86. The minimum Gasteiger partial charge on any atom is -0.507 e. The van der Waals surface area contributed by atoms with Crippen molar-refractivity contribution in [2.75, 3.05) is 33.3 Å². The van der Waals surface area contributed by atoms with Gasteiger partial charge in [0.2, 0.25) is 0 Å². The van der Waals surface area contributed by atoms with Crippen molar-refractivity contribution in [1.29, 1.82) is 0 Å². The van der Waals surface area contributed by atoms with Crippen LogP contribution in [0.5, 0.6) is 5.75 Å². The molecule has 1 unspecified atom stereocenters. The van der Waals surface area contributed by atoms with Gasteiger partial charge in [-0.05, 0) is 37.6 Å². The molecule has 1 aliphatic rings. The Balaban J connectivity index is 1.82. The summed E-state index contributed by atoms with van der Waals surface area (Å²) in [6, 6.07) is 4.06. The minimum atomic E-state index is 0.276. The van der Waals surface area contributed by atoms with E-state index in [1.54, 1.807) is 0 Å². The fraction of sp³-hybridized carbons (Fsp3) is 0.600. The van der Waals surface area contributed by atoms with Crippen LogP contribution in [0.3, 0.4) is 0 Å². The van der Waals surface area contributed by atoms with Gasteiger partial charge in [-0.15, -0.1) is 0 Å². The zero-order valence-corrected chi connectivity index (χ0v) is 12.1. The summed E-state index contributed by atoms with van der Waals surface area (Å²) in [6.07, 6.45) is 0.276. The van der Waals surface area contributed by atoms with Crippen molar-refractivity contribution in [1.82, 2.24) is 10.2 Å². The third-order valence-corrected chi connectivity index (χ3v) is 3.59. The molecule has 0 spiro atoms. The fourth-order valence-electron chi connectivity index (χ4n) is 2.52. The van der Waals surface area contributed by atoms with Gasteiger partial charge in [-0.25, -0.2) is 0 Å². The number of morpholine rings is 1. The highest BCUT2D eigenvalue weighted by Gasteiger charge is 2.16. The maximum absolute atomic E-state index is 9.74. The van der Waals surface area contributed by atoms with Crippen molar-refractivity contribution >= 4 is 0 Å². The fourth-order valence-corrected chi connectivity index (χ4v) is 2.52. The van der Waals surface area contributed by atoms with E-state index in [1.807, 2.05) is 26.0 Å². The van der Waals surface area contributed by atoms with E-state index in [4.69, 9.17) is 4.74 Å². The first-order valence-corrected chi connectivity index (χ1v) is 6.86. The Morgan fingerprint density at radius 1 is 1.37 bits per heavy atom. The van der Waals surface area contributed by atoms with E-state index in [1.165, 1.54) is 5.56 Å². The van der Waals surface area contributed by atoms with Crippen molar-refractivity contribution in [3.05, 3.63) is 28.8 Å². The Morgan fingerprint density at radius 2 is 2.05 bits per heavy atom. The molecular formula is C15H24N2O2. The first-order chi connectivity index (χ1) is 9.06. The number of hydrogen-bond acceptors (Lipinski definition) is 4. The number of phenolic OH excluding ortho intramolecular Hbond substituents is 1. The number of ether oxygens (including phenoxy) is 1. The number of likely N-dealkylation sites (N-methyl/N-ethyl adjacent to an activating group) is 1. The van der Waals surface area contributed by atoms with Crippen LogP contribution in [0.4, 0.5) is 0 Å². The van der Waals surface area contributed by atoms with Crippen molar-refractivity contribution in [3.8, 4) is 5.75 Å². The molecule has 0 aromatic heterocycles. The SMILES string of the molecule is Cc1cc(CNCC2CN(C)CCO2)cc(C)c1O. The summed E-state index contributed by atoms with van der Waals surface area (Å²) >= 11 is 0. The molecule has 1 aromatic carbocycles. The predicted octanol–water partition coefficient (Wildman–Crippen LogP) is 1.43. The van der Waals surface area contributed by atoms with Crippen LogP contribution in [0.1, 0.15) is 16.7 Å². The molecule has 4 nitrogen and oxygen atoms in total. The molecule has 2 rings (SSSR count). The smallest absolute Gasteiger partial charge is 0.121 e. The quantitative estimate of drug-likeness (QED) is 0.863. The second kappa shape index (κ2) is 6.37. The van der Waals surface area contributed by atoms with Crippen molar-refractivity contribution in [3.63, 3.8) is 0 Å². The average Bonchev–Trinajstić information content (AvgIpc) is 2.36. The molecule has 19 heavy (non-hydrogen) atoms. The highest BCUT2D eigenvalue weighted by molar-refractivity contribution is 5.42. The number of hydrogen-bond donors (Lipinski definition) is 2. The van der Waals surface area contributed by atoms with Crippen molar-refractivity contribution in [2.45, 2.75) is 26.5 Å². The molecule has 1 atom stereocenters. The Kier molecular flexibility index (Phi) is 4.80. The number of aromatic hydroxyl groups is 1. The topological polar surface area (TPSA) is 44.7 Å². The van der Waals surface area contributed by atoms with E-state index in [0.717, 1.165) is 43.9 Å². The van der Waals surface area contributed by atoms with E-state index in [2.05, 4.69) is 17.3 Å². The Hall–Kier alpha value is -1.10. The van der Waals surface area contributed by atoms with Gasteiger partial charge >= 0.3 is 0 Å². The lowest BCUT2D eigenvalue weighted by Crippen LogP contribution is -2.44. The van der Waals surface area contributed by atoms with Gasteiger partial charge in [-0.1, -0.05) is 12.1 Å². The number of rotatable bonds is 4. The lowest BCUT2D eigenvalue weighted by atomic mass is 10.1. The van der Waals surface area contributed by atoms with Crippen LogP contribution in [0.15, 0.2) is 12.1 Å². The van der Waals surface area contributed by atoms with Crippen LogP contribution in [-0.4, -0.2) is 49.4 Å². The van der Waals surface area contributed by atoms with Crippen LogP contribution < -0.4 is 5.32 Å². The Labute approximate surface area is 115 Å². The molecule has 1 fully saturated rings. The van der Waals surface area contributed by atoms with Gasteiger partial charge in [-0.3, -0.25) is 0 Å². The van der Waals surface area contributed by atoms with E-state index in [9.17, 15) is 5.11 Å². The van der Waals surface area contributed by atoms with Crippen molar-refractivity contribution in [2.24, 2.45) is 0 Å². The summed E-state index contributed by atoms with van der Waals surface area (Å²) in [5, 5.41) is 13.2. The minimum absolute atomic E-state index is 0.276. The highest BCUT2D eigenvalue weighted by Crippen LogP contribution is 2.22. The van der Waals surface area contributed by atoms with Gasteiger partial charge in [0, 0.05) is 26.2 Å². The Bertz CT molecular complexity index is 411. The first kappa shape index (κ1) is 14.3. The highest BCUT2D eigenvalue weighted by atomic mass is 16.5. The van der Waals surface area contributed by atoms with Gasteiger partial charge in [-0.2, -0.15) is 0 Å². The number of nitrogens with zero attached hydrogens (tertiary/aromatic N) is 1. The summed E-state index contributed by atoms with van der Waals surface area (Å²) in [6.45, 7) is 8.37. The monoisotopic (exact) mass is 264 g/mol. The summed E-state index contributed by atoms with van der Waals surface area (Å²) in [4.78, 5) is 2.30. The number of aryl methyl sites for hydroxylation is 2. The largest absolute Gasteiger partial charge is 0.507 e. The van der Waals surface area contributed by atoms with Gasteiger partial charge in [0.1, 0.15) is 5.75 Å². The second-order valence-electron chi connectivity index (χ2n) is 5.46. The van der Waals surface area contributed by atoms with Gasteiger partial charge < -0.3 is 20.1 Å². The third-order valence-electron chi connectivity index (χ3n) is 3.59. The summed E-state index contributed by atoms with van der Waals surface area (Å²) in [5.41, 5.74) is 3.08. The average molecular weight is 264 g/mol. The van der Waals surface area contributed by atoms with Crippen LogP contribution in [-0.2, 0) is 11.3 Å². The van der Waals surface area contributed by atoms with E-state index >= 15 is 0 Å². The van der Waals surface area contributed by atoms with Crippen LogP contribution >= 0.6 is 0 Å². The molecule has 1 aliphatic heterocycles. The molecular weight excluding hydrogens is 240 g/mol. The summed E-state index contributed by atoms with van der Waals surface area (Å²) in [7, 11) is 2.13. The molecule has 1 heterocycles. The van der Waals surface area contributed by atoms with E-state index in [-0.39, 0.29) is 6.10 Å². The number of phenols is 1. The maximum atomic E-state index is 9.74. The van der Waals surface area contributed by atoms with Crippen LogP contribution in [0, 0.1) is 13.8 Å². The molecule has 1 saturated heterocycles. The number of nitrogens with one attached hydrogen (secondary N) is 1. The van der Waals surface area contributed by atoms with E-state index < -0.39 is 0 Å². The Morgan fingerprint density at radius 3 is 2.68 bits per heavy atom. The maximum Gasteiger partial charge on any atom is 0.121 e. The molecule has 1 aromatic rings. The lowest BCUT2D eigenvalue weighted by Gasteiger charge is -2.30. The standard InChI is InChI=1S/C15H24N2O2/c1-11-6-13(7-12(2)15(11)18)8-16-9-14-10-17(3)4-5-19-14/h6-7,14,16,18H,4-5,8-10H2,1-3H3. The van der Waals surface area contributed by atoms with Gasteiger partial charge in [0.15, 0.2) is 0 Å². The summed E-state index contributed by atoms with van der Waals surface area (Å²) in [5.74, 6) is 0.404. The lowest BCUT2D eigenvalue weighted by molar-refractivity contribution is -0.0182. The van der Waals surface area contributed by atoms with Crippen molar-refractivity contribution < 1.29 is 9.84 Å². The number of benzene rings is 1. The molecule has 0 radical (unpaired) electrons. The van der Waals surface area contributed by atoms with Gasteiger partial charge in [0.05, 0.1) is 12.7 Å².